The van der Waals surface area contributed by atoms with Gasteiger partial charge in [-0.1, -0.05) is 18.7 Å². The molecule has 0 spiro atoms. The van der Waals surface area contributed by atoms with Crippen LogP contribution in [0.1, 0.15) is 61.4 Å². The van der Waals surface area contributed by atoms with Crippen molar-refractivity contribution in [3.05, 3.63) is 76.2 Å². The van der Waals surface area contributed by atoms with E-state index in [1.165, 1.54) is 12.1 Å². The molecular weight excluding hydrogens is 621 g/mol. The largest absolute Gasteiger partial charge is 0.355 e. The quantitative estimate of drug-likeness (QED) is 0.254. The van der Waals surface area contributed by atoms with Crippen LogP contribution < -0.4 is 15.5 Å². The van der Waals surface area contributed by atoms with Crippen molar-refractivity contribution in [3.63, 3.8) is 0 Å². The number of rotatable bonds is 8. The number of pyridine rings is 1. The van der Waals surface area contributed by atoms with Gasteiger partial charge < -0.3 is 19.6 Å². The number of halogens is 1. The third-order valence-electron chi connectivity index (χ3n) is 10.5. The van der Waals surface area contributed by atoms with Crippen molar-refractivity contribution >= 4 is 28.7 Å². The number of piperazine rings is 1. The van der Waals surface area contributed by atoms with Crippen LogP contribution in [0.25, 0.3) is 28.0 Å². The molecule has 2 saturated carbocycles. The van der Waals surface area contributed by atoms with Crippen molar-refractivity contribution in [1.29, 1.82) is 0 Å². The summed E-state index contributed by atoms with van der Waals surface area (Å²) in [5.41, 5.74) is 3.99. The Morgan fingerprint density at radius 2 is 1.65 bits per heavy atom. The van der Waals surface area contributed by atoms with Crippen molar-refractivity contribution in [2.24, 2.45) is 0 Å². The fraction of sp³-hybridized carbons (Fsp3) is 0.459. The number of hydrogen-bond acceptors (Lipinski definition) is 9. The predicted molar refractivity (Wildman–Crippen MR) is 188 cm³/mol. The zero-order chi connectivity index (χ0) is 34.1. The van der Waals surface area contributed by atoms with Gasteiger partial charge >= 0.3 is 5.69 Å². The maximum atomic E-state index is 15.3. The standard InChI is InChI=1S/C37H42FN9O2/c1-6-29(48)44-15-16-46(22(3)18-44)34-27-17-21(2)30(26-9-7-8-10-28(26)38)39-35(27)47(37(49)42-34)33-31(23-11-12-23)40-36(41-32(33)24-13-14-24)45-19-25(20-45)43(4)5/h6-10,17,22-25H,1,11-16,18-20H2,2-5H3/t22-/m0/s1. The summed E-state index contributed by atoms with van der Waals surface area (Å²) in [6.45, 7) is 10.7. The van der Waals surface area contributed by atoms with E-state index in [0.29, 0.717) is 59.5 Å². The average Bonchev–Trinajstić information content (AvgIpc) is 3.98. The molecule has 254 valence electrons. The molecule has 3 aromatic heterocycles. The van der Waals surface area contributed by atoms with Gasteiger partial charge in [0.1, 0.15) is 11.6 Å². The normalized spacial score (nSPS) is 19.9. The molecule has 0 bridgehead atoms. The lowest BCUT2D eigenvalue weighted by atomic mass is 10.0. The van der Waals surface area contributed by atoms with E-state index in [-0.39, 0.29) is 29.6 Å². The highest BCUT2D eigenvalue weighted by Crippen LogP contribution is 2.49. The Morgan fingerprint density at radius 1 is 0.980 bits per heavy atom. The molecule has 2 aliphatic heterocycles. The molecule has 1 amide bonds. The first kappa shape index (κ1) is 31.6. The number of benzene rings is 1. The first-order chi connectivity index (χ1) is 23.6. The number of anilines is 2. The van der Waals surface area contributed by atoms with Crippen molar-refractivity contribution in [2.45, 2.75) is 63.5 Å². The molecule has 8 rings (SSSR count). The fourth-order valence-electron chi connectivity index (χ4n) is 7.25. The fourth-order valence-corrected chi connectivity index (χ4v) is 7.25. The second-order valence-corrected chi connectivity index (χ2v) is 14.3. The van der Waals surface area contributed by atoms with Gasteiger partial charge in [0.25, 0.3) is 0 Å². The van der Waals surface area contributed by atoms with Crippen LogP contribution in [0.2, 0.25) is 0 Å². The first-order valence-corrected chi connectivity index (χ1v) is 17.3. The van der Waals surface area contributed by atoms with E-state index in [9.17, 15) is 9.59 Å². The highest BCUT2D eigenvalue weighted by Gasteiger charge is 2.40. The molecule has 0 radical (unpaired) electrons. The molecule has 4 fully saturated rings. The topological polar surface area (TPSA) is 104 Å². The number of hydrogen-bond donors (Lipinski definition) is 0. The number of fused-ring (bicyclic) bond motifs is 1. The summed E-state index contributed by atoms with van der Waals surface area (Å²) in [4.78, 5) is 55.6. The van der Waals surface area contributed by atoms with E-state index in [1.807, 2.05) is 19.9 Å². The van der Waals surface area contributed by atoms with Gasteiger partial charge in [0.15, 0.2) is 5.65 Å². The molecule has 12 heteroatoms. The summed E-state index contributed by atoms with van der Waals surface area (Å²) in [6.07, 6.45) is 5.29. The van der Waals surface area contributed by atoms with Gasteiger partial charge in [-0.3, -0.25) is 4.79 Å². The van der Waals surface area contributed by atoms with Crippen molar-refractivity contribution in [1.82, 2.24) is 34.3 Å². The van der Waals surface area contributed by atoms with Gasteiger partial charge in [-0.05, 0) is 83.5 Å². The van der Waals surface area contributed by atoms with Crippen LogP contribution in [0.4, 0.5) is 16.2 Å². The van der Waals surface area contributed by atoms with E-state index in [2.05, 4.69) is 35.4 Å². The number of likely N-dealkylation sites (N-methyl/N-ethyl adjacent to an activating group) is 1. The number of carbonyl (C=O) groups is 1. The van der Waals surface area contributed by atoms with Gasteiger partial charge in [0, 0.05) is 62.2 Å². The van der Waals surface area contributed by atoms with Gasteiger partial charge in [-0.25, -0.2) is 28.7 Å². The average molecular weight is 664 g/mol. The zero-order valence-corrected chi connectivity index (χ0v) is 28.6. The van der Waals surface area contributed by atoms with Crippen LogP contribution in [0, 0.1) is 12.7 Å². The number of carbonyl (C=O) groups excluding carboxylic acids is 1. The minimum atomic E-state index is -0.466. The monoisotopic (exact) mass is 663 g/mol. The van der Waals surface area contributed by atoms with Gasteiger partial charge in [0.2, 0.25) is 11.9 Å². The van der Waals surface area contributed by atoms with E-state index in [0.717, 1.165) is 61.7 Å². The molecular formula is C37H42FN9O2. The summed E-state index contributed by atoms with van der Waals surface area (Å²) in [6, 6.07) is 8.90. The Bertz CT molecular complexity index is 2010. The maximum absolute atomic E-state index is 15.3. The Morgan fingerprint density at radius 3 is 2.24 bits per heavy atom. The molecule has 1 atom stereocenters. The van der Waals surface area contributed by atoms with Crippen LogP contribution in [-0.2, 0) is 4.79 Å². The van der Waals surface area contributed by atoms with E-state index >= 15 is 4.39 Å². The summed E-state index contributed by atoms with van der Waals surface area (Å²) >= 11 is 0. The molecule has 4 aliphatic rings. The SMILES string of the molecule is C=CC(=O)N1CCN(c2nc(=O)n(-c3c(C4CC4)nc(N4CC(N(C)C)C4)nc3C3CC3)c3nc(-c4ccccc4F)c(C)cc23)[C@@H](C)C1. The van der Waals surface area contributed by atoms with E-state index in [1.54, 1.807) is 27.7 Å². The first-order valence-electron chi connectivity index (χ1n) is 17.3. The summed E-state index contributed by atoms with van der Waals surface area (Å²) < 4.78 is 16.9. The van der Waals surface area contributed by atoms with Crippen LogP contribution in [0.3, 0.4) is 0 Å². The molecule has 0 N–H and O–H groups in total. The third-order valence-corrected chi connectivity index (χ3v) is 10.5. The van der Waals surface area contributed by atoms with Crippen LogP contribution in [0.5, 0.6) is 0 Å². The van der Waals surface area contributed by atoms with Crippen LogP contribution in [0.15, 0.2) is 47.8 Å². The number of amides is 1. The zero-order valence-electron chi connectivity index (χ0n) is 28.6. The second-order valence-electron chi connectivity index (χ2n) is 14.3. The van der Waals surface area contributed by atoms with Gasteiger partial charge in [-0.15, -0.1) is 0 Å². The molecule has 1 aromatic carbocycles. The highest BCUT2D eigenvalue weighted by molar-refractivity contribution is 5.92. The molecule has 2 aliphatic carbocycles. The number of aryl methyl sites for hydroxylation is 1. The highest BCUT2D eigenvalue weighted by atomic mass is 19.1. The van der Waals surface area contributed by atoms with Crippen molar-refractivity contribution in [2.75, 3.05) is 56.6 Å². The Kier molecular flexibility index (Phi) is 7.73. The lowest BCUT2D eigenvalue weighted by molar-refractivity contribution is -0.126. The molecule has 2 saturated heterocycles. The van der Waals surface area contributed by atoms with Crippen LogP contribution in [-0.4, -0.2) is 99.1 Å². The van der Waals surface area contributed by atoms with Crippen molar-refractivity contribution in [3.8, 4) is 16.9 Å². The second kappa shape index (κ2) is 12.0. The van der Waals surface area contributed by atoms with Crippen LogP contribution >= 0.6 is 0 Å². The van der Waals surface area contributed by atoms with Gasteiger partial charge in [0.05, 0.1) is 28.2 Å². The lowest BCUT2D eigenvalue weighted by Gasteiger charge is -2.43. The van der Waals surface area contributed by atoms with E-state index in [4.69, 9.17) is 19.9 Å². The molecule has 11 nitrogen and oxygen atoms in total. The Balaban J connectivity index is 1.35. The molecule has 0 unspecified atom stereocenters. The Hall–Kier alpha value is -4.71. The minimum absolute atomic E-state index is 0.120. The van der Waals surface area contributed by atoms with Gasteiger partial charge in [-0.2, -0.15) is 4.98 Å². The molecule has 49 heavy (non-hydrogen) atoms. The number of aromatic nitrogens is 5. The summed E-state index contributed by atoms with van der Waals surface area (Å²) in [7, 11) is 4.19. The minimum Gasteiger partial charge on any atom is -0.350 e. The van der Waals surface area contributed by atoms with Crippen molar-refractivity contribution < 1.29 is 9.18 Å². The third kappa shape index (κ3) is 5.55. The lowest BCUT2D eigenvalue weighted by Crippen LogP contribution is -2.58. The summed E-state index contributed by atoms with van der Waals surface area (Å²) in [5.74, 6) is 1.17. The number of nitrogens with zero attached hydrogens (tertiary/aromatic N) is 9. The molecule has 5 heterocycles. The maximum Gasteiger partial charge on any atom is 0.355 e. The Labute approximate surface area is 285 Å². The molecule has 4 aromatic rings. The van der Waals surface area contributed by atoms with E-state index < -0.39 is 5.69 Å². The summed E-state index contributed by atoms with van der Waals surface area (Å²) in [5, 5.41) is 0.691. The predicted octanol–water partition coefficient (Wildman–Crippen LogP) is 4.41. The smallest absolute Gasteiger partial charge is 0.350 e.